The van der Waals surface area contributed by atoms with Crippen LogP contribution in [0.4, 0.5) is 5.13 Å². The van der Waals surface area contributed by atoms with Gasteiger partial charge in [-0.25, -0.2) is 4.98 Å². The number of benzene rings is 1. The van der Waals surface area contributed by atoms with E-state index in [1.807, 2.05) is 49.6 Å². The van der Waals surface area contributed by atoms with Gasteiger partial charge in [0.1, 0.15) is 0 Å². The largest absolute Gasteiger partial charge is 0.301 e. The van der Waals surface area contributed by atoms with Gasteiger partial charge in [-0.1, -0.05) is 29.4 Å². The number of rotatable bonds is 7. The highest BCUT2D eigenvalue weighted by Crippen LogP contribution is 2.29. The first-order valence-electron chi connectivity index (χ1n) is 8.60. The van der Waals surface area contributed by atoms with E-state index in [1.54, 1.807) is 6.08 Å². The molecule has 3 rings (SSSR count). The Labute approximate surface area is 177 Å². The Kier molecular flexibility index (Phi) is 6.53. The minimum absolute atomic E-state index is 0.125. The summed E-state index contributed by atoms with van der Waals surface area (Å²) in [5.74, 6) is 0.581. The number of anilines is 1. The highest BCUT2D eigenvalue weighted by Gasteiger charge is 2.21. The first kappa shape index (κ1) is 20.6. The SMILES string of the molecule is C=CCn1c(S[C@H](C)C(=O)Nc2nc(C)c(C)s2)nnc1-c1ccc(Cl)cc1. The minimum atomic E-state index is -0.365. The first-order chi connectivity index (χ1) is 13.4. The number of hydrogen-bond donors (Lipinski definition) is 1. The number of carbonyl (C=O) groups is 1. The molecule has 1 atom stereocenters. The Morgan fingerprint density at radius 1 is 1.36 bits per heavy atom. The molecule has 2 heterocycles. The van der Waals surface area contributed by atoms with E-state index in [0.29, 0.717) is 27.7 Å². The van der Waals surface area contributed by atoms with Crippen molar-refractivity contribution >= 4 is 45.7 Å². The molecule has 0 unspecified atom stereocenters. The van der Waals surface area contributed by atoms with Crippen LogP contribution in [0.5, 0.6) is 0 Å². The predicted molar refractivity (Wildman–Crippen MR) is 116 cm³/mol. The maximum atomic E-state index is 12.6. The lowest BCUT2D eigenvalue weighted by Crippen LogP contribution is -2.22. The molecule has 2 aromatic heterocycles. The Morgan fingerprint density at radius 3 is 2.68 bits per heavy atom. The number of thioether (sulfide) groups is 1. The Balaban J connectivity index is 1.78. The van der Waals surface area contributed by atoms with Gasteiger partial charge in [-0.05, 0) is 45.0 Å². The number of amides is 1. The van der Waals surface area contributed by atoms with Gasteiger partial charge in [-0.2, -0.15) is 0 Å². The number of hydrogen-bond acceptors (Lipinski definition) is 6. The molecule has 0 aliphatic carbocycles. The highest BCUT2D eigenvalue weighted by molar-refractivity contribution is 8.00. The van der Waals surface area contributed by atoms with E-state index in [2.05, 4.69) is 27.1 Å². The van der Waals surface area contributed by atoms with Crippen molar-refractivity contribution in [1.82, 2.24) is 19.7 Å². The standard InChI is InChI=1S/C19H20ClN5OS2/c1-5-10-25-16(14-6-8-15(20)9-7-14)23-24-19(25)28-13(4)17(26)22-18-21-11(2)12(3)27-18/h5-9,13H,1,10H2,2-4H3,(H,21,22,26)/t13-/m1/s1. The molecule has 1 N–H and O–H groups in total. The van der Waals surface area contributed by atoms with Crippen molar-refractivity contribution in [3.63, 3.8) is 0 Å². The number of carbonyl (C=O) groups excluding carboxylic acids is 1. The number of aromatic nitrogens is 4. The summed E-state index contributed by atoms with van der Waals surface area (Å²) in [5, 5.41) is 13.0. The van der Waals surface area contributed by atoms with E-state index in [1.165, 1.54) is 23.1 Å². The summed E-state index contributed by atoms with van der Waals surface area (Å²) in [6.45, 7) is 10.1. The van der Waals surface area contributed by atoms with Gasteiger partial charge < -0.3 is 5.32 Å². The fourth-order valence-corrected chi connectivity index (χ4v) is 4.23. The molecule has 0 saturated heterocycles. The molecule has 6 nitrogen and oxygen atoms in total. The summed E-state index contributed by atoms with van der Waals surface area (Å²) < 4.78 is 1.93. The topological polar surface area (TPSA) is 72.7 Å². The van der Waals surface area contributed by atoms with E-state index >= 15 is 0 Å². The van der Waals surface area contributed by atoms with Crippen LogP contribution in [0.2, 0.25) is 5.02 Å². The molecule has 9 heteroatoms. The lowest BCUT2D eigenvalue weighted by atomic mass is 10.2. The van der Waals surface area contributed by atoms with Crippen LogP contribution in [-0.2, 0) is 11.3 Å². The zero-order valence-corrected chi connectivity index (χ0v) is 18.2. The molecule has 28 heavy (non-hydrogen) atoms. The average molecular weight is 434 g/mol. The smallest absolute Gasteiger partial charge is 0.239 e. The fourth-order valence-electron chi connectivity index (χ4n) is 2.43. The fraction of sp³-hybridized carbons (Fsp3) is 0.263. The van der Waals surface area contributed by atoms with Crippen LogP contribution < -0.4 is 5.32 Å². The third-order valence-electron chi connectivity index (χ3n) is 4.04. The second kappa shape index (κ2) is 8.89. The second-order valence-electron chi connectivity index (χ2n) is 6.12. The van der Waals surface area contributed by atoms with Gasteiger partial charge in [-0.3, -0.25) is 9.36 Å². The summed E-state index contributed by atoms with van der Waals surface area (Å²) in [7, 11) is 0. The first-order valence-corrected chi connectivity index (χ1v) is 10.7. The van der Waals surface area contributed by atoms with Crippen molar-refractivity contribution in [2.45, 2.75) is 37.7 Å². The Bertz CT molecular complexity index is 977. The molecule has 0 bridgehead atoms. The van der Waals surface area contributed by atoms with Crippen LogP contribution in [0.3, 0.4) is 0 Å². The van der Waals surface area contributed by atoms with Crippen molar-refractivity contribution in [3.8, 4) is 11.4 Å². The third kappa shape index (κ3) is 4.63. The Hall–Kier alpha value is -2.16. The highest BCUT2D eigenvalue weighted by atomic mass is 35.5. The van der Waals surface area contributed by atoms with Gasteiger partial charge in [-0.15, -0.1) is 28.1 Å². The lowest BCUT2D eigenvalue weighted by Gasteiger charge is -2.12. The quantitative estimate of drug-likeness (QED) is 0.420. The van der Waals surface area contributed by atoms with E-state index in [-0.39, 0.29) is 11.2 Å². The number of allylic oxidation sites excluding steroid dienone is 1. The zero-order chi connectivity index (χ0) is 20.3. The van der Waals surface area contributed by atoms with Gasteiger partial charge in [0, 0.05) is 22.0 Å². The normalized spacial score (nSPS) is 12.0. The second-order valence-corrected chi connectivity index (χ2v) is 9.07. The molecular formula is C19H20ClN5OS2. The van der Waals surface area contributed by atoms with Crippen molar-refractivity contribution in [2.75, 3.05) is 5.32 Å². The summed E-state index contributed by atoms with van der Waals surface area (Å²) in [5.41, 5.74) is 1.83. The summed E-state index contributed by atoms with van der Waals surface area (Å²) >= 11 is 8.79. The van der Waals surface area contributed by atoms with Crippen LogP contribution in [-0.4, -0.2) is 30.9 Å². The maximum absolute atomic E-state index is 12.6. The van der Waals surface area contributed by atoms with Gasteiger partial charge in [0.25, 0.3) is 0 Å². The third-order valence-corrected chi connectivity index (χ3v) is 6.36. The van der Waals surface area contributed by atoms with Gasteiger partial charge >= 0.3 is 0 Å². The predicted octanol–water partition coefficient (Wildman–Crippen LogP) is 4.98. The molecule has 0 radical (unpaired) electrons. The zero-order valence-electron chi connectivity index (χ0n) is 15.8. The van der Waals surface area contributed by atoms with E-state index in [9.17, 15) is 4.79 Å². The minimum Gasteiger partial charge on any atom is -0.301 e. The van der Waals surface area contributed by atoms with Gasteiger partial charge in [0.2, 0.25) is 5.91 Å². The number of aryl methyl sites for hydroxylation is 2. The summed E-state index contributed by atoms with van der Waals surface area (Å²) in [6, 6.07) is 7.41. The van der Waals surface area contributed by atoms with Crippen LogP contribution in [0.15, 0.2) is 42.1 Å². The molecule has 1 aromatic carbocycles. The van der Waals surface area contributed by atoms with E-state index in [0.717, 1.165) is 16.1 Å². The molecule has 3 aromatic rings. The molecule has 0 aliphatic rings. The molecule has 0 saturated carbocycles. The number of thiazole rings is 1. The summed E-state index contributed by atoms with van der Waals surface area (Å²) in [4.78, 5) is 18.0. The van der Waals surface area contributed by atoms with Crippen molar-refractivity contribution in [1.29, 1.82) is 0 Å². The van der Waals surface area contributed by atoms with Crippen LogP contribution in [0.1, 0.15) is 17.5 Å². The monoisotopic (exact) mass is 433 g/mol. The molecule has 1 amide bonds. The maximum Gasteiger partial charge on any atom is 0.239 e. The summed E-state index contributed by atoms with van der Waals surface area (Å²) in [6.07, 6.45) is 1.78. The van der Waals surface area contributed by atoms with Crippen LogP contribution in [0.25, 0.3) is 11.4 Å². The van der Waals surface area contributed by atoms with E-state index < -0.39 is 0 Å². The van der Waals surface area contributed by atoms with Crippen molar-refractivity contribution < 1.29 is 4.79 Å². The van der Waals surface area contributed by atoms with Crippen LogP contribution in [0, 0.1) is 13.8 Å². The number of nitrogens with one attached hydrogen (secondary N) is 1. The lowest BCUT2D eigenvalue weighted by molar-refractivity contribution is -0.115. The van der Waals surface area contributed by atoms with Gasteiger partial charge in [0.15, 0.2) is 16.1 Å². The van der Waals surface area contributed by atoms with Crippen molar-refractivity contribution in [3.05, 3.63) is 52.5 Å². The molecule has 0 spiro atoms. The Morgan fingerprint density at radius 2 is 2.07 bits per heavy atom. The van der Waals surface area contributed by atoms with Crippen LogP contribution >= 0.6 is 34.7 Å². The number of halogens is 1. The molecular weight excluding hydrogens is 414 g/mol. The molecule has 146 valence electrons. The average Bonchev–Trinajstić information content (AvgIpc) is 3.19. The van der Waals surface area contributed by atoms with E-state index in [4.69, 9.17) is 11.6 Å². The van der Waals surface area contributed by atoms with Crippen molar-refractivity contribution in [2.24, 2.45) is 0 Å². The molecule has 0 fully saturated rings. The van der Waals surface area contributed by atoms with Gasteiger partial charge in [0.05, 0.1) is 10.9 Å². The molecule has 0 aliphatic heterocycles. The number of nitrogens with zero attached hydrogens (tertiary/aromatic N) is 4.